The van der Waals surface area contributed by atoms with Crippen LogP contribution >= 0.6 is 0 Å². The third kappa shape index (κ3) is 3.43. The first-order valence-corrected chi connectivity index (χ1v) is 6.52. The van der Waals surface area contributed by atoms with E-state index >= 15 is 0 Å². The minimum Gasteiger partial charge on any atom is -0.383 e. The van der Waals surface area contributed by atoms with Crippen LogP contribution < -0.4 is 5.32 Å². The number of rotatable bonds is 6. The fraction of sp³-hybridized carbons (Fsp3) is 0.400. The number of ether oxygens (including phenoxy) is 1. The molecule has 2 aromatic rings. The van der Waals surface area contributed by atoms with Crippen molar-refractivity contribution in [2.75, 3.05) is 20.3 Å². The Hall–Kier alpha value is -1.65. The second kappa shape index (κ2) is 6.50. The Kier molecular flexibility index (Phi) is 4.71. The zero-order valence-corrected chi connectivity index (χ0v) is 11.8. The average molecular weight is 259 g/mol. The maximum Gasteiger partial charge on any atom is 0.110 e. The summed E-state index contributed by atoms with van der Waals surface area (Å²) >= 11 is 0. The van der Waals surface area contributed by atoms with Crippen molar-refractivity contribution < 1.29 is 4.74 Å². The van der Waals surface area contributed by atoms with Gasteiger partial charge in [0.25, 0.3) is 0 Å². The second-order valence-corrected chi connectivity index (χ2v) is 4.65. The lowest BCUT2D eigenvalue weighted by atomic mass is 10.1. The van der Waals surface area contributed by atoms with Gasteiger partial charge in [-0.05, 0) is 25.5 Å². The number of benzene rings is 1. The van der Waals surface area contributed by atoms with Gasteiger partial charge in [-0.25, -0.2) is 4.98 Å². The SMILES string of the molecule is COCCNCc1cc(C)ccc1-n1ccnc1C. The summed E-state index contributed by atoms with van der Waals surface area (Å²) in [6.45, 7) is 6.54. The van der Waals surface area contributed by atoms with Crippen LogP contribution in [0.4, 0.5) is 0 Å². The number of aryl methyl sites for hydroxylation is 2. The first-order valence-electron chi connectivity index (χ1n) is 6.52. The number of nitrogens with zero attached hydrogens (tertiary/aromatic N) is 2. The molecule has 0 spiro atoms. The number of nitrogens with one attached hydrogen (secondary N) is 1. The number of methoxy groups -OCH3 is 1. The van der Waals surface area contributed by atoms with Crippen molar-refractivity contribution in [2.45, 2.75) is 20.4 Å². The van der Waals surface area contributed by atoms with Crippen LogP contribution in [0, 0.1) is 13.8 Å². The molecule has 0 unspecified atom stereocenters. The summed E-state index contributed by atoms with van der Waals surface area (Å²) in [6.07, 6.45) is 3.83. The Bertz CT molecular complexity index is 534. The van der Waals surface area contributed by atoms with Gasteiger partial charge in [-0.3, -0.25) is 0 Å². The Balaban J connectivity index is 2.21. The normalized spacial score (nSPS) is 10.9. The predicted molar refractivity (Wildman–Crippen MR) is 76.6 cm³/mol. The molecule has 1 aromatic carbocycles. The summed E-state index contributed by atoms with van der Waals surface area (Å²) in [4.78, 5) is 4.29. The van der Waals surface area contributed by atoms with Crippen LogP contribution in [0.25, 0.3) is 5.69 Å². The van der Waals surface area contributed by atoms with E-state index in [9.17, 15) is 0 Å². The van der Waals surface area contributed by atoms with E-state index in [2.05, 4.69) is 40.0 Å². The molecule has 0 radical (unpaired) electrons. The highest BCUT2D eigenvalue weighted by Crippen LogP contribution is 2.18. The summed E-state index contributed by atoms with van der Waals surface area (Å²) in [5, 5.41) is 3.39. The second-order valence-electron chi connectivity index (χ2n) is 4.65. The summed E-state index contributed by atoms with van der Waals surface area (Å²) in [6, 6.07) is 6.50. The van der Waals surface area contributed by atoms with Crippen molar-refractivity contribution in [3.63, 3.8) is 0 Å². The van der Waals surface area contributed by atoms with Crippen LogP contribution in [0.15, 0.2) is 30.6 Å². The molecule has 0 saturated carbocycles. The van der Waals surface area contributed by atoms with Crippen LogP contribution in [0.5, 0.6) is 0 Å². The zero-order valence-electron chi connectivity index (χ0n) is 11.8. The Labute approximate surface area is 114 Å². The van der Waals surface area contributed by atoms with Gasteiger partial charge < -0.3 is 14.6 Å². The molecule has 0 aliphatic rings. The van der Waals surface area contributed by atoms with Gasteiger partial charge in [0.05, 0.1) is 12.3 Å². The molecular formula is C15H21N3O. The molecular weight excluding hydrogens is 238 g/mol. The van der Waals surface area contributed by atoms with Gasteiger partial charge in [-0.15, -0.1) is 0 Å². The fourth-order valence-corrected chi connectivity index (χ4v) is 2.12. The van der Waals surface area contributed by atoms with E-state index in [0.717, 1.165) is 25.5 Å². The van der Waals surface area contributed by atoms with Gasteiger partial charge in [0.2, 0.25) is 0 Å². The van der Waals surface area contributed by atoms with Crippen LogP contribution in [0.2, 0.25) is 0 Å². The molecule has 0 aliphatic carbocycles. The fourth-order valence-electron chi connectivity index (χ4n) is 2.12. The van der Waals surface area contributed by atoms with Gasteiger partial charge in [0, 0.05) is 32.6 Å². The topological polar surface area (TPSA) is 39.1 Å². The number of imidazole rings is 1. The average Bonchev–Trinajstić information content (AvgIpc) is 2.81. The van der Waals surface area contributed by atoms with Crippen LogP contribution in [-0.4, -0.2) is 29.8 Å². The summed E-state index contributed by atoms with van der Waals surface area (Å²) in [7, 11) is 1.72. The van der Waals surface area contributed by atoms with Crippen molar-refractivity contribution in [2.24, 2.45) is 0 Å². The molecule has 2 rings (SSSR count). The van der Waals surface area contributed by atoms with Gasteiger partial charge in [-0.1, -0.05) is 17.7 Å². The summed E-state index contributed by atoms with van der Waals surface area (Å²) < 4.78 is 7.17. The van der Waals surface area contributed by atoms with E-state index in [1.807, 2.05) is 19.3 Å². The lowest BCUT2D eigenvalue weighted by Gasteiger charge is -2.13. The molecule has 1 heterocycles. The molecule has 102 valence electrons. The molecule has 0 saturated heterocycles. The minimum absolute atomic E-state index is 0.727. The van der Waals surface area contributed by atoms with Crippen LogP contribution in [-0.2, 0) is 11.3 Å². The standard InChI is InChI=1S/C15H21N3O/c1-12-4-5-15(18-8-6-17-13(18)2)14(10-12)11-16-7-9-19-3/h4-6,8,10,16H,7,9,11H2,1-3H3. The molecule has 0 fully saturated rings. The highest BCUT2D eigenvalue weighted by molar-refractivity contribution is 5.44. The predicted octanol–water partition coefficient (Wildman–Crippen LogP) is 2.23. The molecule has 4 heteroatoms. The number of aromatic nitrogens is 2. The van der Waals surface area contributed by atoms with E-state index in [-0.39, 0.29) is 0 Å². The molecule has 1 aromatic heterocycles. The molecule has 1 N–H and O–H groups in total. The van der Waals surface area contributed by atoms with Gasteiger partial charge in [0.1, 0.15) is 5.82 Å². The van der Waals surface area contributed by atoms with E-state index in [1.165, 1.54) is 16.8 Å². The van der Waals surface area contributed by atoms with Gasteiger partial charge in [-0.2, -0.15) is 0 Å². The van der Waals surface area contributed by atoms with E-state index in [0.29, 0.717) is 0 Å². The maximum atomic E-state index is 5.05. The maximum absolute atomic E-state index is 5.05. The third-order valence-corrected chi connectivity index (χ3v) is 3.12. The molecule has 0 aliphatic heterocycles. The lowest BCUT2D eigenvalue weighted by Crippen LogP contribution is -2.19. The monoisotopic (exact) mass is 259 g/mol. The smallest absolute Gasteiger partial charge is 0.110 e. The first-order chi connectivity index (χ1) is 9.22. The highest BCUT2D eigenvalue weighted by Gasteiger charge is 2.07. The van der Waals surface area contributed by atoms with E-state index < -0.39 is 0 Å². The number of hydrogen-bond acceptors (Lipinski definition) is 3. The summed E-state index contributed by atoms with van der Waals surface area (Å²) in [5.41, 5.74) is 3.73. The molecule has 4 nitrogen and oxygen atoms in total. The highest BCUT2D eigenvalue weighted by atomic mass is 16.5. The molecule has 19 heavy (non-hydrogen) atoms. The van der Waals surface area contributed by atoms with Gasteiger partial charge >= 0.3 is 0 Å². The van der Waals surface area contributed by atoms with Gasteiger partial charge in [0.15, 0.2) is 0 Å². The molecule has 0 bridgehead atoms. The van der Waals surface area contributed by atoms with Crippen LogP contribution in [0.3, 0.4) is 0 Å². The van der Waals surface area contributed by atoms with E-state index in [4.69, 9.17) is 4.74 Å². The molecule has 0 amide bonds. The van der Waals surface area contributed by atoms with Crippen molar-refractivity contribution in [3.05, 3.63) is 47.5 Å². The third-order valence-electron chi connectivity index (χ3n) is 3.12. The number of hydrogen-bond donors (Lipinski definition) is 1. The largest absolute Gasteiger partial charge is 0.383 e. The van der Waals surface area contributed by atoms with Crippen molar-refractivity contribution in [3.8, 4) is 5.69 Å². The van der Waals surface area contributed by atoms with Crippen molar-refractivity contribution >= 4 is 0 Å². The van der Waals surface area contributed by atoms with Crippen molar-refractivity contribution in [1.29, 1.82) is 0 Å². The van der Waals surface area contributed by atoms with Crippen LogP contribution in [0.1, 0.15) is 17.0 Å². The minimum atomic E-state index is 0.727. The quantitative estimate of drug-likeness (QED) is 0.809. The van der Waals surface area contributed by atoms with E-state index in [1.54, 1.807) is 7.11 Å². The molecule has 0 atom stereocenters. The Morgan fingerprint density at radius 1 is 1.32 bits per heavy atom. The lowest BCUT2D eigenvalue weighted by molar-refractivity contribution is 0.199. The Morgan fingerprint density at radius 2 is 2.16 bits per heavy atom. The first kappa shape index (κ1) is 13.8. The summed E-state index contributed by atoms with van der Waals surface area (Å²) in [5.74, 6) is 1.00. The zero-order chi connectivity index (χ0) is 13.7. The Morgan fingerprint density at radius 3 is 2.84 bits per heavy atom. The van der Waals surface area contributed by atoms with Crippen molar-refractivity contribution in [1.82, 2.24) is 14.9 Å².